The van der Waals surface area contributed by atoms with Crippen molar-refractivity contribution in [3.05, 3.63) is 73.4 Å². The third kappa shape index (κ3) is 3.99. The molecule has 3 heterocycles. The third-order valence-corrected chi connectivity index (χ3v) is 5.83. The first-order valence-corrected chi connectivity index (χ1v) is 10.5. The molecule has 0 spiro atoms. The molecule has 158 valence electrons. The maximum Gasteiger partial charge on any atom is 0.276 e. The zero-order chi connectivity index (χ0) is 21.2. The van der Waals surface area contributed by atoms with Gasteiger partial charge in [-0.2, -0.15) is 0 Å². The van der Waals surface area contributed by atoms with E-state index >= 15 is 0 Å². The average molecular weight is 415 g/mol. The number of anilines is 1. The van der Waals surface area contributed by atoms with Crippen molar-refractivity contribution in [2.75, 3.05) is 5.32 Å². The number of benzene rings is 1. The van der Waals surface area contributed by atoms with Crippen molar-refractivity contribution in [1.82, 2.24) is 24.1 Å². The van der Waals surface area contributed by atoms with Gasteiger partial charge in [-0.15, -0.1) is 0 Å². The molecule has 1 aliphatic rings. The quantitative estimate of drug-likeness (QED) is 0.477. The molecule has 0 atom stereocenters. The molecule has 0 bridgehead atoms. The van der Waals surface area contributed by atoms with Gasteiger partial charge in [0.1, 0.15) is 11.5 Å². The molecule has 1 aliphatic carbocycles. The second kappa shape index (κ2) is 8.18. The molecule has 1 aromatic carbocycles. The van der Waals surface area contributed by atoms with Crippen molar-refractivity contribution in [3.63, 3.8) is 0 Å². The molecular formula is C24H26N6O. The molecule has 0 unspecified atom stereocenters. The van der Waals surface area contributed by atoms with E-state index in [0.717, 1.165) is 47.7 Å². The first kappa shape index (κ1) is 19.2. The number of fused-ring (bicyclic) bond motifs is 1. The van der Waals surface area contributed by atoms with E-state index in [1.54, 1.807) is 18.9 Å². The molecule has 4 aromatic rings. The minimum Gasteiger partial charge on any atom is -0.334 e. The van der Waals surface area contributed by atoms with Gasteiger partial charge < -0.3 is 14.5 Å². The first-order valence-electron chi connectivity index (χ1n) is 10.5. The number of hydrogen-bond donors (Lipinski definition) is 1. The maximum atomic E-state index is 12.8. The number of nitrogens with zero attached hydrogens (tertiary/aromatic N) is 5. The molecule has 0 aliphatic heterocycles. The van der Waals surface area contributed by atoms with Gasteiger partial charge in [-0.1, -0.05) is 24.3 Å². The minimum atomic E-state index is -0.250. The highest BCUT2D eigenvalue weighted by Gasteiger charge is 2.16. The number of allylic oxidation sites excluding steroid dienone is 2. The van der Waals surface area contributed by atoms with Crippen LogP contribution in [0.4, 0.5) is 5.82 Å². The monoisotopic (exact) mass is 414 g/mol. The molecule has 5 rings (SSSR count). The van der Waals surface area contributed by atoms with E-state index in [2.05, 4.69) is 49.1 Å². The number of pyridine rings is 1. The van der Waals surface area contributed by atoms with Gasteiger partial charge in [-0.3, -0.25) is 4.79 Å². The number of aromatic nitrogens is 5. The molecule has 0 fully saturated rings. The lowest BCUT2D eigenvalue weighted by molar-refractivity contribution is 0.102. The van der Waals surface area contributed by atoms with Crippen LogP contribution in [0.15, 0.2) is 67.7 Å². The molecule has 1 N–H and O–H groups in total. The number of aryl methyl sites for hydroxylation is 1. The topological polar surface area (TPSA) is 77.6 Å². The van der Waals surface area contributed by atoms with Crippen molar-refractivity contribution in [2.24, 2.45) is 7.05 Å². The number of hydrogen-bond acceptors (Lipinski definition) is 4. The molecule has 31 heavy (non-hydrogen) atoms. The Kier molecular flexibility index (Phi) is 5.08. The van der Waals surface area contributed by atoms with E-state index in [4.69, 9.17) is 0 Å². The summed E-state index contributed by atoms with van der Waals surface area (Å²) in [4.78, 5) is 25.7. The molecule has 7 heteroatoms. The highest BCUT2D eigenvalue weighted by molar-refractivity contribution is 6.03. The number of rotatable bonds is 4. The van der Waals surface area contributed by atoms with Gasteiger partial charge >= 0.3 is 0 Å². The summed E-state index contributed by atoms with van der Waals surface area (Å²) in [5.74, 6) is 0.257. The predicted octanol–water partition coefficient (Wildman–Crippen LogP) is 5.00. The Balaban J connectivity index is 0.00000245. The Bertz CT molecular complexity index is 1260. The molecule has 3 aromatic heterocycles. The van der Waals surface area contributed by atoms with E-state index in [9.17, 15) is 4.79 Å². The fourth-order valence-electron chi connectivity index (χ4n) is 4.09. The van der Waals surface area contributed by atoms with Gasteiger partial charge in [0.15, 0.2) is 0 Å². The SMILES string of the molecule is Cn1cncc1-c1ccc2cnc(NC(=O)c3cn(C4CCC=CCC4)cn3)cc2c1.[HH]. The van der Waals surface area contributed by atoms with Gasteiger partial charge in [-0.25, -0.2) is 15.0 Å². The normalized spacial score (nSPS) is 14.6. The van der Waals surface area contributed by atoms with E-state index in [0.29, 0.717) is 17.6 Å². The molecule has 7 nitrogen and oxygen atoms in total. The highest BCUT2D eigenvalue weighted by Crippen LogP contribution is 2.26. The Morgan fingerprint density at radius 1 is 1.06 bits per heavy atom. The summed E-state index contributed by atoms with van der Waals surface area (Å²) in [6.07, 6.45) is 17.7. The van der Waals surface area contributed by atoms with E-state index < -0.39 is 0 Å². The second-order valence-corrected chi connectivity index (χ2v) is 7.96. The van der Waals surface area contributed by atoms with Crippen LogP contribution in [-0.4, -0.2) is 30.0 Å². The van der Waals surface area contributed by atoms with Crippen LogP contribution in [0.3, 0.4) is 0 Å². The predicted molar refractivity (Wildman–Crippen MR) is 123 cm³/mol. The third-order valence-electron chi connectivity index (χ3n) is 5.83. The zero-order valence-corrected chi connectivity index (χ0v) is 17.4. The van der Waals surface area contributed by atoms with Crippen LogP contribution in [0.5, 0.6) is 0 Å². The highest BCUT2D eigenvalue weighted by atomic mass is 16.2. The van der Waals surface area contributed by atoms with Gasteiger partial charge in [0.2, 0.25) is 0 Å². The lowest BCUT2D eigenvalue weighted by Gasteiger charge is -2.15. The van der Waals surface area contributed by atoms with E-state index in [1.165, 1.54) is 0 Å². The smallest absolute Gasteiger partial charge is 0.276 e. The van der Waals surface area contributed by atoms with Gasteiger partial charge in [0.05, 0.1) is 24.5 Å². The fourth-order valence-corrected chi connectivity index (χ4v) is 4.09. The van der Waals surface area contributed by atoms with Crippen LogP contribution < -0.4 is 5.32 Å². The maximum absolute atomic E-state index is 12.8. The van der Waals surface area contributed by atoms with Gasteiger partial charge in [0, 0.05) is 37.9 Å². The molecule has 1 amide bonds. The van der Waals surface area contributed by atoms with Crippen molar-refractivity contribution in [1.29, 1.82) is 0 Å². The summed E-state index contributed by atoms with van der Waals surface area (Å²) in [6.45, 7) is 0. The number of imidazole rings is 2. The summed E-state index contributed by atoms with van der Waals surface area (Å²) in [5, 5.41) is 4.90. The van der Waals surface area contributed by atoms with Crippen LogP contribution >= 0.6 is 0 Å². The van der Waals surface area contributed by atoms with Crippen LogP contribution in [-0.2, 0) is 7.05 Å². The summed E-state index contributed by atoms with van der Waals surface area (Å²) in [6, 6.07) is 8.43. The standard InChI is InChI=1S/C24H24N6O.H2/c1-29-15-25-13-22(29)17-8-9-18-12-26-23(11-19(18)10-17)28-24(31)21-14-30(16-27-21)20-6-4-2-3-5-7-20;/h2-3,8-16,20H,4-7H2,1H3,(H,26,28,31);1H. The molecule has 0 radical (unpaired) electrons. The molecular weight excluding hydrogens is 388 g/mol. The van der Waals surface area contributed by atoms with Crippen LogP contribution in [0.25, 0.3) is 22.0 Å². The lowest BCUT2D eigenvalue weighted by Crippen LogP contribution is -2.13. The Hall–Kier alpha value is -3.74. The fraction of sp³-hybridized carbons (Fsp3) is 0.250. The Labute approximate surface area is 182 Å². The number of carbonyl (C=O) groups is 1. The lowest BCUT2D eigenvalue weighted by atomic mass is 10.1. The Morgan fingerprint density at radius 3 is 2.68 bits per heavy atom. The number of amides is 1. The zero-order valence-electron chi connectivity index (χ0n) is 17.4. The van der Waals surface area contributed by atoms with Crippen LogP contribution in [0.1, 0.15) is 43.6 Å². The summed E-state index contributed by atoms with van der Waals surface area (Å²) >= 11 is 0. The van der Waals surface area contributed by atoms with Gasteiger partial charge in [0.25, 0.3) is 5.91 Å². The summed E-state index contributed by atoms with van der Waals surface area (Å²) < 4.78 is 4.04. The van der Waals surface area contributed by atoms with E-state index in [-0.39, 0.29) is 7.33 Å². The molecule has 0 saturated heterocycles. The van der Waals surface area contributed by atoms with Crippen LogP contribution in [0, 0.1) is 0 Å². The van der Waals surface area contributed by atoms with Crippen molar-refractivity contribution in [3.8, 4) is 11.3 Å². The molecule has 0 saturated carbocycles. The van der Waals surface area contributed by atoms with Crippen molar-refractivity contribution in [2.45, 2.75) is 31.7 Å². The summed E-state index contributed by atoms with van der Waals surface area (Å²) in [7, 11) is 1.97. The first-order chi connectivity index (χ1) is 15.2. The average Bonchev–Trinajstić information content (AvgIpc) is 3.35. The van der Waals surface area contributed by atoms with E-state index in [1.807, 2.05) is 36.1 Å². The van der Waals surface area contributed by atoms with Crippen molar-refractivity contribution >= 4 is 22.5 Å². The number of carbonyl (C=O) groups excluding carboxylic acids is 1. The minimum absolute atomic E-state index is 0. The van der Waals surface area contributed by atoms with Gasteiger partial charge in [-0.05, 0) is 43.2 Å². The Morgan fingerprint density at radius 2 is 1.90 bits per heavy atom. The largest absolute Gasteiger partial charge is 0.334 e. The second-order valence-electron chi connectivity index (χ2n) is 7.96. The van der Waals surface area contributed by atoms with Crippen molar-refractivity contribution < 1.29 is 6.22 Å². The number of nitrogens with one attached hydrogen (secondary N) is 1. The van der Waals surface area contributed by atoms with Crippen LogP contribution in [0.2, 0.25) is 0 Å². The summed E-state index contributed by atoms with van der Waals surface area (Å²) in [5.41, 5.74) is 2.50.